The number of anilines is 1. The monoisotopic (exact) mass is 498 g/mol. The zero-order chi connectivity index (χ0) is 21.8. The average molecular weight is 499 g/mol. The van der Waals surface area contributed by atoms with E-state index in [4.69, 9.17) is 0 Å². The minimum atomic E-state index is -0.505. The first-order chi connectivity index (χ1) is 15.0. The van der Waals surface area contributed by atoms with Gasteiger partial charge in [0.1, 0.15) is 11.2 Å². The van der Waals surface area contributed by atoms with E-state index in [0.717, 1.165) is 12.0 Å². The minimum Gasteiger partial charge on any atom is -0.326 e. The maximum Gasteiger partial charge on any atom is 0.255 e. The van der Waals surface area contributed by atoms with Crippen LogP contribution in [0.3, 0.4) is 0 Å². The molecule has 1 fully saturated rings. The van der Waals surface area contributed by atoms with Crippen molar-refractivity contribution in [2.24, 2.45) is 0 Å². The molecule has 0 radical (unpaired) electrons. The highest BCUT2D eigenvalue weighted by Crippen LogP contribution is 2.38. The summed E-state index contributed by atoms with van der Waals surface area (Å²) in [5, 5.41) is 2.52. The Morgan fingerprint density at radius 2 is 1.84 bits per heavy atom. The SMILES string of the molecule is O=C(Nc1ccc(Br)cc1F)c1ccc([C@@H]2SCC(=O)N2CCc2ccccc2)cc1. The molecule has 3 aromatic rings. The quantitative estimate of drug-likeness (QED) is 0.477. The van der Waals surface area contributed by atoms with Crippen molar-refractivity contribution in [3.8, 4) is 0 Å². The Bertz CT molecular complexity index is 1090. The molecule has 1 N–H and O–H groups in total. The molecule has 1 aliphatic heterocycles. The van der Waals surface area contributed by atoms with Crippen LogP contribution in [-0.4, -0.2) is 29.0 Å². The number of amides is 2. The lowest BCUT2D eigenvalue weighted by molar-refractivity contribution is -0.128. The Kier molecular flexibility index (Phi) is 6.73. The molecule has 31 heavy (non-hydrogen) atoms. The van der Waals surface area contributed by atoms with Crippen molar-refractivity contribution in [2.75, 3.05) is 17.6 Å². The molecule has 0 aliphatic carbocycles. The number of benzene rings is 3. The van der Waals surface area contributed by atoms with E-state index in [0.29, 0.717) is 22.3 Å². The van der Waals surface area contributed by atoms with E-state index < -0.39 is 5.82 Å². The Labute approximate surface area is 193 Å². The van der Waals surface area contributed by atoms with Crippen LogP contribution in [-0.2, 0) is 11.2 Å². The van der Waals surface area contributed by atoms with Crippen molar-refractivity contribution in [1.29, 1.82) is 0 Å². The topological polar surface area (TPSA) is 49.4 Å². The third-order valence-electron chi connectivity index (χ3n) is 5.09. The number of hydrogen-bond donors (Lipinski definition) is 1. The van der Waals surface area contributed by atoms with E-state index in [9.17, 15) is 14.0 Å². The molecule has 0 aromatic heterocycles. The maximum atomic E-state index is 14.0. The lowest BCUT2D eigenvalue weighted by atomic mass is 10.1. The third-order valence-corrected chi connectivity index (χ3v) is 6.84. The summed E-state index contributed by atoms with van der Waals surface area (Å²) in [6.45, 7) is 0.644. The fourth-order valence-corrected chi connectivity index (χ4v) is 5.00. The van der Waals surface area contributed by atoms with E-state index in [-0.39, 0.29) is 22.9 Å². The number of hydrogen-bond acceptors (Lipinski definition) is 3. The molecule has 158 valence electrons. The van der Waals surface area contributed by atoms with Gasteiger partial charge in [-0.25, -0.2) is 4.39 Å². The fraction of sp³-hybridized carbons (Fsp3) is 0.167. The number of carbonyl (C=O) groups excluding carboxylic acids is 2. The van der Waals surface area contributed by atoms with Crippen molar-refractivity contribution in [3.63, 3.8) is 0 Å². The van der Waals surface area contributed by atoms with E-state index in [1.54, 1.807) is 30.0 Å². The van der Waals surface area contributed by atoms with Gasteiger partial charge in [0.25, 0.3) is 5.91 Å². The van der Waals surface area contributed by atoms with Crippen LogP contribution in [0.5, 0.6) is 0 Å². The Hall–Kier alpha value is -2.64. The number of carbonyl (C=O) groups is 2. The van der Waals surface area contributed by atoms with Gasteiger partial charge in [0.05, 0.1) is 11.4 Å². The van der Waals surface area contributed by atoms with Crippen molar-refractivity contribution in [3.05, 3.63) is 99.8 Å². The Morgan fingerprint density at radius 1 is 1.10 bits per heavy atom. The van der Waals surface area contributed by atoms with Gasteiger partial charge in [-0.1, -0.05) is 58.4 Å². The fourth-order valence-electron chi connectivity index (χ4n) is 3.45. The molecule has 3 aromatic carbocycles. The molecular formula is C24H20BrFN2O2S. The maximum absolute atomic E-state index is 14.0. The summed E-state index contributed by atoms with van der Waals surface area (Å²) in [5.41, 5.74) is 2.71. The van der Waals surface area contributed by atoms with Crippen LogP contribution in [0.25, 0.3) is 0 Å². The molecule has 7 heteroatoms. The highest BCUT2D eigenvalue weighted by Gasteiger charge is 2.32. The van der Waals surface area contributed by atoms with E-state index in [1.807, 2.05) is 35.2 Å². The van der Waals surface area contributed by atoms with Crippen molar-refractivity contribution in [1.82, 2.24) is 4.90 Å². The van der Waals surface area contributed by atoms with Crippen LogP contribution in [0.2, 0.25) is 0 Å². The van der Waals surface area contributed by atoms with Gasteiger partial charge in [-0.3, -0.25) is 9.59 Å². The normalized spacial score (nSPS) is 15.9. The second-order valence-electron chi connectivity index (χ2n) is 7.19. The predicted molar refractivity (Wildman–Crippen MR) is 126 cm³/mol. The molecule has 1 atom stereocenters. The zero-order valence-electron chi connectivity index (χ0n) is 16.6. The van der Waals surface area contributed by atoms with Crippen LogP contribution < -0.4 is 5.32 Å². The molecule has 0 saturated carbocycles. The van der Waals surface area contributed by atoms with Gasteiger partial charge in [-0.2, -0.15) is 0 Å². The first kappa shape index (κ1) is 21.6. The van der Waals surface area contributed by atoms with Crippen LogP contribution in [0.4, 0.5) is 10.1 Å². The summed E-state index contributed by atoms with van der Waals surface area (Å²) in [6, 6.07) is 21.7. The van der Waals surface area contributed by atoms with Gasteiger partial charge >= 0.3 is 0 Å². The second-order valence-corrected chi connectivity index (χ2v) is 9.17. The molecule has 0 unspecified atom stereocenters. The third kappa shape index (κ3) is 5.17. The van der Waals surface area contributed by atoms with Gasteiger partial charge < -0.3 is 10.2 Å². The van der Waals surface area contributed by atoms with Gasteiger partial charge in [0, 0.05) is 16.6 Å². The number of thioether (sulfide) groups is 1. The summed E-state index contributed by atoms with van der Waals surface area (Å²) in [7, 11) is 0. The highest BCUT2D eigenvalue weighted by molar-refractivity contribution is 9.10. The summed E-state index contributed by atoms with van der Waals surface area (Å²) in [4.78, 5) is 26.8. The van der Waals surface area contributed by atoms with Gasteiger partial charge in [-0.05, 0) is 47.9 Å². The summed E-state index contributed by atoms with van der Waals surface area (Å²) in [5.74, 6) is -0.318. The molecule has 0 spiro atoms. The van der Waals surface area contributed by atoms with Crippen LogP contribution >= 0.6 is 27.7 Å². The summed E-state index contributed by atoms with van der Waals surface area (Å²) < 4.78 is 14.6. The highest BCUT2D eigenvalue weighted by atomic mass is 79.9. The molecule has 4 nitrogen and oxygen atoms in total. The standard InChI is InChI=1S/C24H20BrFN2O2S/c25-19-10-11-21(20(26)14-19)27-23(30)17-6-8-18(9-7-17)24-28(22(29)15-31-24)13-12-16-4-2-1-3-5-16/h1-11,14,24H,12-13,15H2,(H,27,30)/t24-/m0/s1. The van der Waals surface area contributed by atoms with Gasteiger partial charge in [0.2, 0.25) is 5.91 Å². The second kappa shape index (κ2) is 9.66. The Morgan fingerprint density at radius 3 is 2.55 bits per heavy atom. The van der Waals surface area contributed by atoms with Crippen molar-refractivity contribution in [2.45, 2.75) is 11.8 Å². The molecule has 2 amide bonds. The van der Waals surface area contributed by atoms with Gasteiger partial charge in [-0.15, -0.1) is 11.8 Å². The number of nitrogens with zero attached hydrogens (tertiary/aromatic N) is 1. The van der Waals surface area contributed by atoms with Crippen LogP contribution in [0.1, 0.15) is 26.9 Å². The van der Waals surface area contributed by atoms with E-state index >= 15 is 0 Å². The summed E-state index contributed by atoms with van der Waals surface area (Å²) >= 11 is 4.79. The lowest BCUT2D eigenvalue weighted by Gasteiger charge is -2.24. The van der Waals surface area contributed by atoms with E-state index in [2.05, 4.69) is 33.4 Å². The largest absolute Gasteiger partial charge is 0.326 e. The molecule has 1 aliphatic rings. The predicted octanol–water partition coefficient (Wildman–Crippen LogP) is 5.66. The molecule has 1 saturated heterocycles. The Balaban J connectivity index is 1.43. The lowest BCUT2D eigenvalue weighted by Crippen LogP contribution is -2.30. The average Bonchev–Trinajstić information content (AvgIpc) is 3.15. The molecule has 4 rings (SSSR count). The van der Waals surface area contributed by atoms with Crippen LogP contribution in [0.15, 0.2) is 77.3 Å². The number of rotatable bonds is 6. The number of nitrogens with one attached hydrogen (secondary N) is 1. The van der Waals surface area contributed by atoms with Crippen molar-refractivity contribution < 1.29 is 14.0 Å². The van der Waals surface area contributed by atoms with Gasteiger partial charge in [0.15, 0.2) is 0 Å². The minimum absolute atomic E-state index is 0.0720. The van der Waals surface area contributed by atoms with Crippen LogP contribution in [0, 0.1) is 5.82 Å². The zero-order valence-corrected chi connectivity index (χ0v) is 19.0. The molecule has 0 bridgehead atoms. The molecule has 1 heterocycles. The smallest absolute Gasteiger partial charge is 0.255 e. The number of halogens is 2. The summed E-state index contributed by atoms with van der Waals surface area (Å²) in [6.07, 6.45) is 0.795. The molecular weight excluding hydrogens is 479 g/mol. The first-order valence-corrected chi connectivity index (χ1v) is 11.7. The van der Waals surface area contributed by atoms with Crippen molar-refractivity contribution >= 4 is 45.2 Å². The van der Waals surface area contributed by atoms with E-state index in [1.165, 1.54) is 17.7 Å². The first-order valence-electron chi connectivity index (χ1n) is 9.82.